The molecule has 0 bridgehead atoms. The average Bonchev–Trinajstić information content (AvgIpc) is 2.63. The van der Waals surface area contributed by atoms with E-state index >= 15 is 0 Å². The van der Waals surface area contributed by atoms with Crippen molar-refractivity contribution in [2.45, 2.75) is 18.3 Å². The summed E-state index contributed by atoms with van der Waals surface area (Å²) in [4.78, 5) is 0. The summed E-state index contributed by atoms with van der Waals surface area (Å²) in [6.07, 6.45) is 0. The fraction of sp³-hybridized carbons (Fsp3) is 0.368. The lowest BCUT2D eigenvalue weighted by molar-refractivity contribution is 0.0948. The molecule has 1 saturated heterocycles. The van der Waals surface area contributed by atoms with Crippen LogP contribution < -0.4 is 9.47 Å². The lowest BCUT2D eigenvalue weighted by Gasteiger charge is -2.29. The second kappa shape index (κ2) is 7.75. The first-order chi connectivity index (χ1) is 11.3. The Morgan fingerprint density at radius 2 is 1.65 bits per heavy atom. The summed E-state index contributed by atoms with van der Waals surface area (Å²) in [7, 11) is 1.69. The number of ether oxygens (including phenoxy) is 3. The minimum absolute atomic E-state index is 0.111. The molecular formula is C19H22O3S. The molecule has 0 radical (unpaired) electrons. The molecule has 0 unspecified atom stereocenters. The van der Waals surface area contributed by atoms with Crippen molar-refractivity contribution in [1.29, 1.82) is 0 Å². The highest BCUT2D eigenvalue weighted by atomic mass is 32.2. The first kappa shape index (κ1) is 16.2. The Balaban J connectivity index is 1.59. The van der Waals surface area contributed by atoms with Crippen molar-refractivity contribution in [2.75, 3.05) is 26.1 Å². The highest BCUT2D eigenvalue weighted by Crippen LogP contribution is 2.39. The molecule has 1 heterocycles. The molecule has 0 saturated carbocycles. The van der Waals surface area contributed by atoms with Gasteiger partial charge in [0.1, 0.15) is 16.9 Å². The van der Waals surface area contributed by atoms with Crippen molar-refractivity contribution in [3.8, 4) is 11.5 Å². The Morgan fingerprint density at radius 1 is 1.00 bits per heavy atom. The van der Waals surface area contributed by atoms with Crippen LogP contribution in [-0.4, -0.2) is 26.1 Å². The van der Waals surface area contributed by atoms with Crippen LogP contribution in [0.4, 0.5) is 0 Å². The monoisotopic (exact) mass is 330 g/mol. The fourth-order valence-corrected chi connectivity index (χ4v) is 3.87. The lowest BCUT2D eigenvalue weighted by atomic mass is 10.0. The molecule has 1 aliphatic heterocycles. The van der Waals surface area contributed by atoms with Gasteiger partial charge in [0.2, 0.25) is 0 Å². The summed E-state index contributed by atoms with van der Waals surface area (Å²) >= 11 is 1.85. The summed E-state index contributed by atoms with van der Waals surface area (Å²) in [5, 5.41) is 0. The van der Waals surface area contributed by atoms with E-state index in [1.165, 1.54) is 11.1 Å². The van der Waals surface area contributed by atoms with Gasteiger partial charge in [-0.25, -0.2) is 0 Å². The fourth-order valence-electron chi connectivity index (χ4n) is 2.65. The van der Waals surface area contributed by atoms with Crippen LogP contribution in [0.5, 0.6) is 11.5 Å². The number of benzene rings is 2. The predicted molar refractivity (Wildman–Crippen MR) is 94.5 cm³/mol. The number of hydrogen-bond acceptors (Lipinski definition) is 4. The van der Waals surface area contributed by atoms with Gasteiger partial charge in [0.05, 0.1) is 20.3 Å². The summed E-state index contributed by atoms with van der Waals surface area (Å²) in [6.45, 7) is 3.43. The molecule has 0 spiro atoms. The molecule has 1 fully saturated rings. The van der Waals surface area contributed by atoms with Gasteiger partial charge >= 0.3 is 0 Å². The number of rotatable bonds is 5. The maximum atomic E-state index is 6.08. The van der Waals surface area contributed by atoms with Crippen LogP contribution in [0, 0.1) is 0 Å². The second-order valence-electron chi connectivity index (χ2n) is 5.47. The Labute approximate surface area is 142 Å². The summed E-state index contributed by atoms with van der Waals surface area (Å²) in [5.74, 6) is 3.30. The molecule has 2 aromatic rings. The molecule has 23 heavy (non-hydrogen) atoms. The normalized spacial score (nSPS) is 21.0. The second-order valence-corrected chi connectivity index (χ2v) is 6.57. The van der Waals surface area contributed by atoms with E-state index in [1.807, 2.05) is 43.0 Å². The molecule has 0 N–H and O–H groups in total. The third-order valence-corrected chi connectivity index (χ3v) is 5.25. The van der Waals surface area contributed by atoms with Crippen LogP contribution in [-0.2, 0) is 4.74 Å². The van der Waals surface area contributed by atoms with Crippen LogP contribution >= 0.6 is 11.8 Å². The van der Waals surface area contributed by atoms with E-state index in [1.54, 1.807) is 7.11 Å². The molecule has 0 aromatic heterocycles. The maximum Gasteiger partial charge on any atom is 0.128 e. The number of thioether (sulfide) groups is 1. The van der Waals surface area contributed by atoms with Gasteiger partial charge in [0.25, 0.3) is 0 Å². The highest BCUT2D eigenvalue weighted by molar-refractivity contribution is 7.99. The zero-order valence-electron chi connectivity index (χ0n) is 13.5. The first-order valence-electron chi connectivity index (χ1n) is 7.90. The van der Waals surface area contributed by atoms with Gasteiger partial charge in [0, 0.05) is 11.7 Å². The van der Waals surface area contributed by atoms with E-state index in [2.05, 4.69) is 24.3 Å². The molecule has 2 aromatic carbocycles. The zero-order chi connectivity index (χ0) is 16.1. The SMILES string of the molecule is CCOc1ccc([C@H]2OC[C@H](c3ccc(OC)cc3)CS2)cc1. The summed E-state index contributed by atoms with van der Waals surface area (Å²) in [5.41, 5.74) is 2.62. The topological polar surface area (TPSA) is 27.7 Å². The molecule has 3 nitrogen and oxygen atoms in total. The third kappa shape index (κ3) is 4.01. The molecule has 1 aliphatic rings. The van der Waals surface area contributed by atoms with Crippen molar-refractivity contribution in [1.82, 2.24) is 0 Å². The van der Waals surface area contributed by atoms with Gasteiger partial charge in [-0.3, -0.25) is 0 Å². The molecule has 0 aliphatic carbocycles. The van der Waals surface area contributed by atoms with Crippen LogP contribution in [0.15, 0.2) is 48.5 Å². The predicted octanol–water partition coefficient (Wildman–Crippen LogP) is 4.64. The molecule has 3 rings (SSSR count). The van der Waals surface area contributed by atoms with Crippen LogP contribution in [0.1, 0.15) is 29.4 Å². The van der Waals surface area contributed by atoms with E-state index < -0.39 is 0 Å². The maximum absolute atomic E-state index is 6.08. The Bertz CT molecular complexity index is 602. The van der Waals surface area contributed by atoms with Gasteiger partial charge in [-0.1, -0.05) is 24.3 Å². The van der Waals surface area contributed by atoms with Crippen molar-refractivity contribution < 1.29 is 14.2 Å². The van der Waals surface area contributed by atoms with Gasteiger partial charge in [-0.2, -0.15) is 0 Å². The number of methoxy groups -OCH3 is 1. The minimum atomic E-state index is 0.111. The Morgan fingerprint density at radius 3 is 2.22 bits per heavy atom. The molecular weight excluding hydrogens is 308 g/mol. The lowest BCUT2D eigenvalue weighted by Crippen LogP contribution is -2.19. The first-order valence-corrected chi connectivity index (χ1v) is 8.95. The van der Waals surface area contributed by atoms with Gasteiger partial charge < -0.3 is 14.2 Å². The quantitative estimate of drug-likeness (QED) is 0.798. The van der Waals surface area contributed by atoms with Crippen molar-refractivity contribution in [2.24, 2.45) is 0 Å². The summed E-state index contributed by atoms with van der Waals surface area (Å²) < 4.78 is 16.8. The van der Waals surface area contributed by atoms with E-state index in [9.17, 15) is 0 Å². The molecule has 2 atom stereocenters. The van der Waals surface area contributed by atoms with E-state index in [0.29, 0.717) is 12.5 Å². The van der Waals surface area contributed by atoms with Crippen LogP contribution in [0.2, 0.25) is 0 Å². The van der Waals surface area contributed by atoms with Gasteiger partial charge in [0.15, 0.2) is 0 Å². The molecule has 0 amide bonds. The van der Waals surface area contributed by atoms with Crippen LogP contribution in [0.3, 0.4) is 0 Å². The van der Waals surface area contributed by atoms with Crippen molar-refractivity contribution in [3.63, 3.8) is 0 Å². The Hall–Kier alpha value is -1.65. The van der Waals surface area contributed by atoms with Crippen molar-refractivity contribution in [3.05, 3.63) is 59.7 Å². The zero-order valence-corrected chi connectivity index (χ0v) is 14.3. The van der Waals surface area contributed by atoms with E-state index in [-0.39, 0.29) is 5.44 Å². The molecule has 122 valence electrons. The van der Waals surface area contributed by atoms with Gasteiger partial charge in [-0.15, -0.1) is 11.8 Å². The van der Waals surface area contributed by atoms with E-state index in [4.69, 9.17) is 14.2 Å². The van der Waals surface area contributed by atoms with Crippen LogP contribution in [0.25, 0.3) is 0 Å². The number of hydrogen-bond donors (Lipinski definition) is 0. The third-order valence-electron chi connectivity index (χ3n) is 3.95. The largest absolute Gasteiger partial charge is 0.497 e. The molecule has 4 heteroatoms. The standard InChI is InChI=1S/C19H22O3S/c1-3-21-18-10-6-15(7-11-18)19-22-12-16(13-23-19)14-4-8-17(20-2)9-5-14/h4-11,16,19H,3,12-13H2,1-2H3/t16-,19-/m0/s1. The average molecular weight is 330 g/mol. The summed E-state index contributed by atoms with van der Waals surface area (Å²) in [6, 6.07) is 16.5. The van der Waals surface area contributed by atoms with Gasteiger partial charge in [-0.05, 0) is 42.3 Å². The highest BCUT2D eigenvalue weighted by Gasteiger charge is 2.24. The van der Waals surface area contributed by atoms with E-state index in [0.717, 1.165) is 23.9 Å². The minimum Gasteiger partial charge on any atom is -0.497 e. The van der Waals surface area contributed by atoms with Crippen molar-refractivity contribution >= 4 is 11.8 Å². The Kier molecular flexibility index (Phi) is 5.47. The smallest absolute Gasteiger partial charge is 0.128 e.